The number of hydrogen-bond donors (Lipinski definition) is 1. The quantitative estimate of drug-likeness (QED) is 0.622. The number of aromatic nitrogens is 1. The number of carbonyl (C=O) groups excluding carboxylic acids is 1. The molecule has 0 radical (unpaired) electrons. The summed E-state index contributed by atoms with van der Waals surface area (Å²) in [6, 6.07) is 6.34. The number of nitrogens with zero attached hydrogens (tertiary/aromatic N) is 1. The van der Waals surface area contributed by atoms with E-state index in [-0.39, 0.29) is 35.2 Å². The fraction of sp³-hybridized carbons (Fsp3) is 0.400. The van der Waals surface area contributed by atoms with Gasteiger partial charge in [0.15, 0.2) is 0 Å². The molecule has 0 aliphatic rings. The lowest BCUT2D eigenvalue weighted by molar-refractivity contribution is -0.137. The molecule has 0 saturated carbocycles. The average molecular weight is 428 g/mol. The van der Waals surface area contributed by atoms with E-state index in [2.05, 4.69) is 5.32 Å². The van der Waals surface area contributed by atoms with Crippen LogP contribution in [0.2, 0.25) is 0 Å². The number of nitrogens with one attached hydrogen (secondary N) is 1. The van der Waals surface area contributed by atoms with Crippen molar-refractivity contribution in [2.45, 2.75) is 43.1 Å². The monoisotopic (exact) mass is 428 g/mol. The zero-order chi connectivity index (χ0) is 21.6. The van der Waals surface area contributed by atoms with Crippen LogP contribution in [0.15, 0.2) is 46.2 Å². The SMILES string of the molecule is CCC(C)Sc1ccc(NC(=O)c2ccc(=O)n(CCOC)c2)c(C(F)(F)F)c1. The number of benzene rings is 1. The zero-order valence-electron chi connectivity index (χ0n) is 16.4. The lowest BCUT2D eigenvalue weighted by Crippen LogP contribution is -2.24. The maximum Gasteiger partial charge on any atom is 0.418 e. The average Bonchev–Trinajstić information content (AvgIpc) is 2.67. The number of rotatable bonds is 8. The zero-order valence-corrected chi connectivity index (χ0v) is 17.2. The highest BCUT2D eigenvalue weighted by Crippen LogP contribution is 2.38. The summed E-state index contributed by atoms with van der Waals surface area (Å²) in [6.45, 7) is 4.39. The second-order valence-corrected chi connectivity index (χ2v) is 7.95. The van der Waals surface area contributed by atoms with Crippen LogP contribution in [-0.2, 0) is 17.5 Å². The Kier molecular flexibility index (Phi) is 7.92. The van der Waals surface area contributed by atoms with Crippen molar-refractivity contribution in [1.82, 2.24) is 4.57 Å². The van der Waals surface area contributed by atoms with Crippen molar-refractivity contribution in [2.24, 2.45) is 0 Å². The lowest BCUT2D eigenvalue weighted by Gasteiger charge is -2.17. The molecule has 0 fully saturated rings. The minimum Gasteiger partial charge on any atom is -0.383 e. The van der Waals surface area contributed by atoms with Crippen molar-refractivity contribution in [1.29, 1.82) is 0 Å². The second-order valence-electron chi connectivity index (χ2n) is 6.44. The number of amides is 1. The van der Waals surface area contributed by atoms with Gasteiger partial charge in [-0.05, 0) is 30.7 Å². The van der Waals surface area contributed by atoms with Crippen molar-refractivity contribution in [2.75, 3.05) is 19.0 Å². The molecular formula is C20H23F3N2O3S. The fourth-order valence-corrected chi connectivity index (χ4v) is 3.44. The molecule has 0 aliphatic heterocycles. The van der Waals surface area contributed by atoms with E-state index >= 15 is 0 Å². The number of ether oxygens (including phenoxy) is 1. The molecule has 0 spiro atoms. The molecule has 1 N–H and O–H groups in total. The predicted octanol–water partition coefficient (Wildman–Crippen LogP) is 4.66. The second kappa shape index (κ2) is 9.98. The Morgan fingerprint density at radius 3 is 2.62 bits per heavy atom. The summed E-state index contributed by atoms with van der Waals surface area (Å²) in [7, 11) is 1.48. The highest BCUT2D eigenvalue weighted by atomic mass is 32.2. The van der Waals surface area contributed by atoms with Gasteiger partial charge >= 0.3 is 6.18 Å². The molecule has 2 rings (SSSR count). The molecule has 1 aromatic carbocycles. The van der Waals surface area contributed by atoms with E-state index in [9.17, 15) is 22.8 Å². The molecule has 1 amide bonds. The number of halogens is 3. The molecule has 29 heavy (non-hydrogen) atoms. The number of anilines is 1. The van der Waals surface area contributed by atoms with Gasteiger partial charge in [-0.25, -0.2) is 0 Å². The molecule has 1 atom stereocenters. The molecule has 2 aromatic rings. The summed E-state index contributed by atoms with van der Waals surface area (Å²) in [4.78, 5) is 24.8. The smallest absolute Gasteiger partial charge is 0.383 e. The molecule has 0 bridgehead atoms. The molecule has 0 aliphatic carbocycles. The largest absolute Gasteiger partial charge is 0.418 e. The van der Waals surface area contributed by atoms with Crippen LogP contribution in [0.4, 0.5) is 18.9 Å². The summed E-state index contributed by atoms with van der Waals surface area (Å²) in [6.07, 6.45) is -2.49. The molecule has 9 heteroatoms. The molecular weight excluding hydrogens is 405 g/mol. The lowest BCUT2D eigenvalue weighted by atomic mass is 10.1. The maximum atomic E-state index is 13.5. The predicted molar refractivity (Wildman–Crippen MR) is 108 cm³/mol. The van der Waals surface area contributed by atoms with Gasteiger partial charge in [0.1, 0.15) is 0 Å². The van der Waals surface area contributed by atoms with Crippen molar-refractivity contribution in [3.8, 4) is 0 Å². The van der Waals surface area contributed by atoms with E-state index in [1.165, 1.54) is 47.8 Å². The summed E-state index contributed by atoms with van der Waals surface area (Å²) < 4.78 is 46.8. The Morgan fingerprint density at radius 2 is 2.00 bits per heavy atom. The van der Waals surface area contributed by atoms with Crippen LogP contribution in [0, 0.1) is 0 Å². The molecule has 1 aromatic heterocycles. The Balaban J connectivity index is 2.30. The molecule has 5 nitrogen and oxygen atoms in total. The van der Waals surface area contributed by atoms with Gasteiger partial charge in [-0.3, -0.25) is 9.59 Å². The van der Waals surface area contributed by atoms with Gasteiger partial charge in [0.2, 0.25) is 0 Å². The van der Waals surface area contributed by atoms with Crippen molar-refractivity contribution in [3.05, 3.63) is 58.0 Å². The Morgan fingerprint density at radius 1 is 1.28 bits per heavy atom. The fourth-order valence-electron chi connectivity index (χ4n) is 2.48. The van der Waals surface area contributed by atoms with E-state index in [0.717, 1.165) is 12.5 Å². The molecule has 1 unspecified atom stereocenters. The van der Waals surface area contributed by atoms with Crippen LogP contribution >= 0.6 is 11.8 Å². The van der Waals surface area contributed by atoms with Crippen molar-refractivity contribution in [3.63, 3.8) is 0 Å². The van der Waals surface area contributed by atoms with Crippen LogP contribution in [0.25, 0.3) is 0 Å². The summed E-state index contributed by atoms with van der Waals surface area (Å²) in [5.74, 6) is -0.732. The minimum absolute atomic E-state index is 0.0758. The first-order valence-corrected chi connectivity index (χ1v) is 9.92. The van der Waals surface area contributed by atoms with Gasteiger partial charge in [0.25, 0.3) is 11.5 Å². The third-order valence-corrected chi connectivity index (χ3v) is 5.50. The third-order valence-electron chi connectivity index (χ3n) is 4.24. The van der Waals surface area contributed by atoms with Gasteiger partial charge < -0.3 is 14.6 Å². The van der Waals surface area contributed by atoms with Gasteiger partial charge in [-0.1, -0.05) is 13.8 Å². The minimum atomic E-state index is -4.62. The Labute approximate surface area is 171 Å². The van der Waals surface area contributed by atoms with E-state index in [4.69, 9.17) is 4.74 Å². The number of thioether (sulfide) groups is 1. The number of carbonyl (C=O) groups is 1. The van der Waals surface area contributed by atoms with Gasteiger partial charge in [0, 0.05) is 36.1 Å². The Bertz CT molecular complexity index is 913. The molecule has 0 saturated heterocycles. The van der Waals surface area contributed by atoms with Crippen LogP contribution in [0.5, 0.6) is 0 Å². The maximum absolute atomic E-state index is 13.5. The number of methoxy groups -OCH3 is 1. The van der Waals surface area contributed by atoms with Gasteiger partial charge in [-0.15, -0.1) is 11.8 Å². The number of hydrogen-bond acceptors (Lipinski definition) is 4. The van der Waals surface area contributed by atoms with E-state index in [1.54, 1.807) is 6.07 Å². The van der Waals surface area contributed by atoms with E-state index in [0.29, 0.717) is 4.90 Å². The summed E-state index contributed by atoms with van der Waals surface area (Å²) in [5.41, 5.74) is -1.50. The summed E-state index contributed by atoms with van der Waals surface area (Å²) >= 11 is 1.35. The van der Waals surface area contributed by atoms with Gasteiger partial charge in [0.05, 0.1) is 23.4 Å². The van der Waals surface area contributed by atoms with Crippen LogP contribution in [0.1, 0.15) is 36.2 Å². The first-order chi connectivity index (χ1) is 13.7. The van der Waals surface area contributed by atoms with Crippen molar-refractivity contribution >= 4 is 23.4 Å². The number of pyridine rings is 1. The first kappa shape index (κ1) is 23.0. The molecule has 158 valence electrons. The first-order valence-electron chi connectivity index (χ1n) is 9.04. The van der Waals surface area contributed by atoms with Crippen LogP contribution < -0.4 is 10.9 Å². The van der Waals surface area contributed by atoms with Crippen molar-refractivity contribution < 1.29 is 22.7 Å². The molecule has 1 heterocycles. The van der Waals surface area contributed by atoms with E-state index in [1.807, 2.05) is 13.8 Å². The standard InChI is InChI=1S/C20H23F3N2O3S/c1-4-13(2)29-15-6-7-17(16(11-15)20(21,22)23)24-19(27)14-5-8-18(26)25(12-14)9-10-28-3/h5-8,11-13H,4,9-10H2,1-3H3,(H,24,27). The van der Waals surface area contributed by atoms with Gasteiger partial charge in [-0.2, -0.15) is 13.2 Å². The van der Waals surface area contributed by atoms with Crippen LogP contribution in [-0.4, -0.2) is 29.4 Å². The topological polar surface area (TPSA) is 60.3 Å². The Hall–Kier alpha value is -2.26. The third kappa shape index (κ3) is 6.37. The van der Waals surface area contributed by atoms with E-state index < -0.39 is 17.6 Å². The normalized spacial score (nSPS) is 12.6. The number of alkyl halides is 3. The summed E-state index contributed by atoms with van der Waals surface area (Å²) in [5, 5.41) is 2.49. The highest BCUT2D eigenvalue weighted by Gasteiger charge is 2.34. The van der Waals surface area contributed by atoms with Crippen LogP contribution in [0.3, 0.4) is 0 Å². The highest BCUT2D eigenvalue weighted by molar-refractivity contribution is 7.99.